The average Bonchev–Trinajstić information content (AvgIpc) is 1.93. The summed E-state index contributed by atoms with van der Waals surface area (Å²) in [6.45, 7) is -1.07. The van der Waals surface area contributed by atoms with Gasteiger partial charge < -0.3 is 4.57 Å². The van der Waals surface area contributed by atoms with Crippen LogP contribution in [0.2, 0.25) is 10.0 Å². The summed E-state index contributed by atoms with van der Waals surface area (Å²) in [7, 11) is 0. The van der Waals surface area contributed by atoms with Gasteiger partial charge >= 0.3 is 0 Å². The van der Waals surface area contributed by atoms with Crippen molar-refractivity contribution < 1.29 is 4.57 Å². The molecule has 0 bridgehead atoms. The summed E-state index contributed by atoms with van der Waals surface area (Å²) in [6.07, 6.45) is 0.296. The molecule has 0 aliphatic heterocycles. The second-order valence-electron chi connectivity index (χ2n) is 2.88. The molecule has 1 nitrogen and oxygen atoms in total. The van der Waals surface area contributed by atoms with Gasteiger partial charge in [0.25, 0.3) is 0 Å². The summed E-state index contributed by atoms with van der Waals surface area (Å²) in [4.78, 5) is 0. The van der Waals surface area contributed by atoms with E-state index in [1.165, 1.54) is 6.66 Å². The molecule has 0 N–H and O–H groups in total. The van der Waals surface area contributed by atoms with Gasteiger partial charge in [0.15, 0.2) is 6.49 Å². The van der Waals surface area contributed by atoms with Gasteiger partial charge in [0.2, 0.25) is 0 Å². The van der Waals surface area contributed by atoms with Crippen molar-refractivity contribution in [2.24, 2.45) is 0 Å². The fourth-order valence-electron chi connectivity index (χ4n) is 0.954. The second-order valence-corrected chi connectivity index (χ2v) is 8.16. The topological polar surface area (TPSA) is 17.1 Å². The summed E-state index contributed by atoms with van der Waals surface area (Å²) < 4.78 is 11.3. The van der Waals surface area contributed by atoms with Crippen LogP contribution < -0.4 is 0 Å². The predicted octanol–water partition coefficient (Wildman–Crippen LogP) is 4.64. The molecular weight excluding hydrogens is 249 g/mol. The van der Waals surface area contributed by atoms with Crippen LogP contribution in [0.15, 0.2) is 18.2 Å². The Morgan fingerprint density at radius 3 is 2.46 bits per heavy atom. The maximum atomic E-state index is 11.3. The quantitative estimate of drug-likeness (QED) is 0.705. The van der Waals surface area contributed by atoms with E-state index in [1.54, 1.807) is 18.2 Å². The first-order valence-electron chi connectivity index (χ1n) is 3.58. The SMILES string of the molecule is C[P@@](=O)(Cl)Cc1ccc(Cl)cc1Cl. The highest BCUT2D eigenvalue weighted by Gasteiger charge is 2.13. The van der Waals surface area contributed by atoms with E-state index < -0.39 is 6.49 Å². The van der Waals surface area contributed by atoms with Crippen molar-refractivity contribution in [1.82, 2.24) is 0 Å². The van der Waals surface area contributed by atoms with Crippen LogP contribution in [-0.4, -0.2) is 6.66 Å². The Labute approximate surface area is 92.2 Å². The zero-order valence-electron chi connectivity index (χ0n) is 6.93. The number of benzene rings is 1. The molecule has 0 aliphatic rings. The van der Waals surface area contributed by atoms with Crippen molar-refractivity contribution in [1.29, 1.82) is 0 Å². The largest absolute Gasteiger partial charge is 0.307 e. The molecule has 0 spiro atoms. The molecule has 0 saturated carbocycles. The van der Waals surface area contributed by atoms with Gasteiger partial charge in [-0.1, -0.05) is 40.5 Å². The Balaban J connectivity index is 2.97. The zero-order chi connectivity index (χ0) is 10.1. The third-order valence-corrected chi connectivity index (χ3v) is 3.32. The van der Waals surface area contributed by atoms with Gasteiger partial charge in [-0.15, -0.1) is 0 Å². The summed E-state index contributed by atoms with van der Waals surface area (Å²) >= 11 is 17.2. The van der Waals surface area contributed by atoms with Crippen LogP contribution in [0.4, 0.5) is 0 Å². The van der Waals surface area contributed by atoms with E-state index in [9.17, 15) is 4.57 Å². The minimum absolute atomic E-state index is 0.296. The lowest BCUT2D eigenvalue weighted by atomic mass is 10.2. The van der Waals surface area contributed by atoms with E-state index >= 15 is 0 Å². The number of halogens is 3. The number of rotatable bonds is 2. The van der Waals surface area contributed by atoms with Gasteiger partial charge in [0.05, 0.1) is 0 Å². The van der Waals surface area contributed by atoms with Crippen molar-refractivity contribution >= 4 is 40.9 Å². The molecule has 1 rings (SSSR count). The summed E-state index contributed by atoms with van der Waals surface area (Å²) in [5.74, 6) is 0. The summed E-state index contributed by atoms with van der Waals surface area (Å²) in [5, 5.41) is 1.07. The highest BCUT2D eigenvalue weighted by atomic mass is 35.7. The Morgan fingerprint density at radius 2 is 2.00 bits per heavy atom. The van der Waals surface area contributed by atoms with Crippen molar-refractivity contribution in [3.05, 3.63) is 33.8 Å². The third kappa shape index (κ3) is 3.91. The molecule has 1 aromatic rings. The van der Waals surface area contributed by atoms with Gasteiger partial charge in [0, 0.05) is 22.9 Å². The molecule has 0 aromatic heterocycles. The van der Waals surface area contributed by atoms with Crippen LogP contribution in [0.5, 0.6) is 0 Å². The van der Waals surface area contributed by atoms with Crippen LogP contribution in [0.1, 0.15) is 5.56 Å². The Morgan fingerprint density at radius 1 is 1.38 bits per heavy atom. The Kier molecular flexibility index (Phi) is 3.71. The van der Waals surface area contributed by atoms with E-state index in [0.717, 1.165) is 5.56 Å². The molecule has 72 valence electrons. The monoisotopic (exact) mass is 256 g/mol. The van der Waals surface area contributed by atoms with E-state index in [2.05, 4.69) is 0 Å². The van der Waals surface area contributed by atoms with Gasteiger partial charge in [-0.3, -0.25) is 0 Å². The molecule has 0 radical (unpaired) electrons. The Bertz CT molecular complexity index is 358. The average molecular weight is 257 g/mol. The van der Waals surface area contributed by atoms with Crippen LogP contribution in [0, 0.1) is 0 Å². The lowest BCUT2D eigenvalue weighted by Crippen LogP contribution is -1.84. The summed E-state index contributed by atoms with van der Waals surface area (Å²) in [5.41, 5.74) is 0.770. The first kappa shape index (κ1) is 11.4. The molecule has 1 atom stereocenters. The van der Waals surface area contributed by atoms with Crippen LogP contribution in [-0.2, 0) is 10.7 Å². The first-order valence-corrected chi connectivity index (χ1v) is 7.58. The second kappa shape index (κ2) is 4.23. The fraction of sp³-hybridized carbons (Fsp3) is 0.250. The molecule has 13 heavy (non-hydrogen) atoms. The molecule has 0 saturated heterocycles. The van der Waals surface area contributed by atoms with Crippen LogP contribution in [0.25, 0.3) is 0 Å². The van der Waals surface area contributed by atoms with Gasteiger partial charge in [-0.05, 0) is 17.7 Å². The van der Waals surface area contributed by atoms with Crippen molar-refractivity contribution in [3.63, 3.8) is 0 Å². The lowest BCUT2D eigenvalue weighted by Gasteiger charge is -2.06. The van der Waals surface area contributed by atoms with Crippen molar-refractivity contribution in [3.8, 4) is 0 Å². The zero-order valence-corrected chi connectivity index (χ0v) is 10.1. The summed E-state index contributed by atoms with van der Waals surface area (Å²) in [6, 6.07) is 5.06. The highest BCUT2D eigenvalue weighted by Crippen LogP contribution is 2.51. The molecule has 0 unspecified atom stereocenters. The maximum absolute atomic E-state index is 11.3. The number of hydrogen-bond donors (Lipinski definition) is 0. The van der Waals surface area contributed by atoms with E-state index in [0.29, 0.717) is 16.2 Å². The maximum Gasteiger partial charge on any atom is 0.170 e. The molecule has 5 heteroatoms. The molecule has 0 aliphatic carbocycles. The molecule has 0 heterocycles. The van der Waals surface area contributed by atoms with Crippen LogP contribution in [0.3, 0.4) is 0 Å². The van der Waals surface area contributed by atoms with Crippen molar-refractivity contribution in [2.75, 3.05) is 6.66 Å². The number of hydrogen-bond acceptors (Lipinski definition) is 1. The van der Waals surface area contributed by atoms with Gasteiger partial charge in [-0.2, -0.15) is 0 Å². The standard InChI is InChI=1S/C8H8Cl3OP/c1-13(11,12)5-6-2-3-7(9)4-8(6)10/h2-4H,5H2,1H3/t13-/m0/s1. The normalized spacial score (nSPS) is 15.4. The van der Waals surface area contributed by atoms with E-state index in [4.69, 9.17) is 34.4 Å². The van der Waals surface area contributed by atoms with E-state index in [-0.39, 0.29) is 0 Å². The molecule has 0 amide bonds. The minimum Gasteiger partial charge on any atom is -0.307 e. The lowest BCUT2D eigenvalue weighted by molar-refractivity contribution is 0.587. The molecule has 0 fully saturated rings. The van der Waals surface area contributed by atoms with Crippen molar-refractivity contribution in [2.45, 2.75) is 6.16 Å². The minimum atomic E-state index is -2.58. The van der Waals surface area contributed by atoms with Crippen LogP contribution >= 0.6 is 40.9 Å². The van der Waals surface area contributed by atoms with Gasteiger partial charge in [0.1, 0.15) is 0 Å². The fourth-order valence-corrected chi connectivity index (χ4v) is 2.79. The smallest absolute Gasteiger partial charge is 0.170 e. The van der Waals surface area contributed by atoms with Gasteiger partial charge in [-0.25, -0.2) is 0 Å². The Hall–Kier alpha value is 0.320. The highest BCUT2D eigenvalue weighted by molar-refractivity contribution is 7.87. The first-order chi connectivity index (χ1) is 5.88. The predicted molar refractivity (Wildman–Crippen MR) is 59.5 cm³/mol. The molecular formula is C8H8Cl3OP. The molecule has 1 aromatic carbocycles. The van der Waals surface area contributed by atoms with E-state index in [1.807, 2.05) is 0 Å². The third-order valence-electron chi connectivity index (χ3n) is 1.47.